The van der Waals surface area contributed by atoms with Crippen LogP contribution in [0.3, 0.4) is 0 Å². The maximum atomic E-state index is 5.97. The lowest BCUT2D eigenvalue weighted by atomic mass is 10.1. The van der Waals surface area contributed by atoms with Gasteiger partial charge in [-0.15, -0.1) is 0 Å². The largest absolute Gasteiger partial charge is 0.399 e. The summed E-state index contributed by atoms with van der Waals surface area (Å²) in [5.41, 5.74) is 8.17. The quantitative estimate of drug-likeness (QED) is 0.747. The molecule has 20 heavy (non-hydrogen) atoms. The van der Waals surface area contributed by atoms with Crippen LogP contribution < -0.4 is 5.73 Å². The molecule has 0 saturated heterocycles. The van der Waals surface area contributed by atoms with E-state index < -0.39 is 0 Å². The van der Waals surface area contributed by atoms with Crippen molar-refractivity contribution in [1.82, 2.24) is 10.1 Å². The van der Waals surface area contributed by atoms with E-state index in [0.717, 1.165) is 11.1 Å². The molecular weight excluding hydrogens is 274 g/mol. The van der Waals surface area contributed by atoms with Crippen molar-refractivity contribution in [3.8, 4) is 11.5 Å². The molecule has 0 atom stereocenters. The smallest absolute Gasteiger partial charge is 0.258 e. The van der Waals surface area contributed by atoms with E-state index in [0.29, 0.717) is 28.8 Å². The normalized spacial score (nSPS) is 10.7. The van der Waals surface area contributed by atoms with Crippen molar-refractivity contribution in [2.75, 3.05) is 5.73 Å². The van der Waals surface area contributed by atoms with Gasteiger partial charge in [-0.2, -0.15) is 4.98 Å². The molecule has 0 aliphatic heterocycles. The van der Waals surface area contributed by atoms with Gasteiger partial charge in [0.1, 0.15) is 0 Å². The van der Waals surface area contributed by atoms with Gasteiger partial charge >= 0.3 is 0 Å². The molecule has 1 aromatic heterocycles. The van der Waals surface area contributed by atoms with Crippen molar-refractivity contribution < 1.29 is 4.52 Å². The van der Waals surface area contributed by atoms with Crippen LogP contribution in [0.15, 0.2) is 53.1 Å². The fourth-order valence-electron chi connectivity index (χ4n) is 1.96. The zero-order valence-corrected chi connectivity index (χ0v) is 11.3. The highest BCUT2D eigenvalue weighted by molar-refractivity contribution is 6.31. The molecule has 100 valence electrons. The zero-order chi connectivity index (χ0) is 13.9. The lowest BCUT2D eigenvalue weighted by Crippen LogP contribution is -1.90. The van der Waals surface area contributed by atoms with Crippen LogP contribution in [0, 0.1) is 0 Å². The SMILES string of the molecule is Nc1cc(Cl)cc(-c2nc(Cc3ccccc3)no2)c1. The van der Waals surface area contributed by atoms with Crippen LogP contribution in [-0.2, 0) is 6.42 Å². The number of rotatable bonds is 3. The van der Waals surface area contributed by atoms with Gasteiger partial charge in [-0.25, -0.2) is 0 Å². The summed E-state index contributed by atoms with van der Waals surface area (Å²) >= 11 is 5.97. The number of nitrogens with two attached hydrogens (primary N) is 1. The molecule has 0 bridgehead atoms. The number of anilines is 1. The zero-order valence-electron chi connectivity index (χ0n) is 10.6. The van der Waals surface area contributed by atoms with E-state index in [9.17, 15) is 0 Å². The van der Waals surface area contributed by atoms with E-state index >= 15 is 0 Å². The first kappa shape index (κ1) is 12.7. The number of aromatic nitrogens is 2. The monoisotopic (exact) mass is 285 g/mol. The number of nitrogens with zero attached hydrogens (tertiary/aromatic N) is 2. The highest BCUT2D eigenvalue weighted by atomic mass is 35.5. The molecule has 1 heterocycles. The van der Waals surface area contributed by atoms with Crippen molar-refractivity contribution in [1.29, 1.82) is 0 Å². The Morgan fingerprint density at radius 2 is 1.90 bits per heavy atom. The number of nitrogen functional groups attached to an aromatic ring is 1. The van der Waals surface area contributed by atoms with Crippen LogP contribution in [-0.4, -0.2) is 10.1 Å². The molecular formula is C15H12ClN3O. The lowest BCUT2D eigenvalue weighted by Gasteiger charge is -1.98. The number of benzene rings is 2. The fourth-order valence-corrected chi connectivity index (χ4v) is 2.20. The van der Waals surface area contributed by atoms with Gasteiger partial charge in [0, 0.05) is 22.7 Å². The second kappa shape index (κ2) is 5.35. The minimum Gasteiger partial charge on any atom is -0.399 e. The first-order valence-electron chi connectivity index (χ1n) is 6.14. The van der Waals surface area contributed by atoms with Gasteiger partial charge in [0.15, 0.2) is 5.82 Å². The van der Waals surface area contributed by atoms with Crippen molar-refractivity contribution in [3.05, 3.63) is 64.9 Å². The molecule has 0 aliphatic rings. The summed E-state index contributed by atoms with van der Waals surface area (Å²) in [6.07, 6.45) is 0.625. The van der Waals surface area contributed by atoms with Crippen LogP contribution in [0.2, 0.25) is 5.02 Å². The highest BCUT2D eigenvalue weighted by Gasteiger charge is 2.10. The molecule has 5 heteroatoms. The van der Waals surface area contributed by atoms with Crippen LogP contribution in [0.25, 0.3) is 11.5 Å². The number of halogens is 1. The Bertz CT molecular complexity index is 705. The van der Waals surface area contributed by atoms with Gasteiger partial charge in [0.25, 0.3) is 5.89 Å². The molecule has 0 radical (unpaired) electrons. The van der Waals surface area contributed by atoms with Crippen molar-refractivity contribution in [2.45, 2.75) is 6.42 Å². The molecule has 0 spiro atoms. The van der Waals surface area contributed by atoms with Crippen molar-refractivity contribution in [2.24, 2.45) is 0 Å². The summed E-state index contributed by atoms with van der Waals surface area (Å²) in [4.78, 5) is 4.37. The molecule has 3 aromatic rings. The van der Waals surface area contributed by atoms with Crippen LogP contribution in [0.5, 0.6) is 0 Å². The van der Waals surface area contributed by atoms with Gasteiger partial charge in [0.2, 0.25) is 0 Å². The third-order valence-electron chi connectivity index (χ3n) is 2.84. The number of hydrogen-bond donors (Lipinski definition) is 1. The lowest BCUT2D eigenvalue weighted by molar-refractivity contribution is 0.424. The average molecular weight is 286 g/mol. The summed E-state index contributed by atoms with van der Waals surface area (Å²) in [6.45, 7) is 0. The Kier molecular flexibility index (Phi) is 3.39. The van der Waals surface area contributed by atoms with Gasteiger partial charge < -0.3 is 10.3 Å². The Hall–Kier alpha value is -2.33. The molecule has 0 aliphatic carbocycles. The molecule has 0 saturated carbocycles. The minimum absolute atomic E-state index is 0.421. The number of hydrogen-bond acceptors (Lipinski definition) is 4. The predicted molar refractivity (Wildman–Crippen MR) is 78.4 cm³/mol. The average Bonchev–Trinajstić information content (AvgIpc) is 2.87. The van der Waals surface area contributed by atoms with Gasteiger partial charge in [-0.05, 0) is 23.8 Å². The molecule has 0 amide bonds. The summed E-state index contributed by atoms with van der Waals surface area (Å²) in [5.74, 6) is 1.05. The van der Waals surface area contributed by atoms with E-state index in [1.54, 1.807) is 18.2 Å². The van der Waals surface area contributed by atoms with E-state index in [-0.39, 0.29) is 0 Å². The highest BCUT2D eigenvalue weighted by Crippen LogP contribution is 2.25. The first-order valence-corrected chi connectivity index (χ1v) is 6.51. The molecule has 3 rings (SSSR count). The van der Waals surface area contributed by atoms with Crippen molar-refractivity contribution >= 4 is 17.3 Å². The van der Waals surface area contributed by atoms with Crippen LogP contribution in [0.1, 0.15) is 11.4 Å². The van der Waals surface area contributed by atoms with E-state index in [1.165, 1.54) is 0 Å². The third kappa shape index (κ3) is 2.81. The Morgan fingerprint density at radius 1 is 1.10 bits per heavy atom. The molecule has 0 unspecified atom stereocenters. The van der Waals surface area contributed by atoms with E-state index in [4.69, 9.17) is 21.9 Å². The summed E-state index contributed by atoms with van der Waals surface area (Å²) in [7, 11) is 0. The predicted octanol–water partition coefficient (Wildman–Crippen LogP) is 3.56. The van der Waals surface area contributed by atoms with Gasteiger partial charge in [-0.1, -0.05) is 47.1 Å². The second-order valence-corrected chi connectivity index (χ2v) is 4.89. The summed E-state index contributed by atoms with van der Waals surface area (Å²) < 4.78 is 5.26. The first-order chi connectivity index (χ1) is 9.70. The maximum absolute atomic E-state index is 5.97. The third-order valence-corrected chi connectivity index (χ3v) is 3.06. The topological polar surface area (TPSA) is 64.9 Å². The molecule has 2 N–H and O–H groups in total. The Balaban J connectivity index is 1.86. The van der Waals surface area contributed by atoms with E-state index in [1.807, 2.05) is 30.3 Å². The maximum Gasteiger partial charge on any atom is 0.258 e. The fraction of sp³-hybridized carbons (Fsp3) is 0.0667. The van der Waals surface area contributed by atoms with Crippen molar-refractivity contribution in [3.63, 3.8) is 0 Å². The van der Waals surface area contributed by atoms with Crippen LogP contribution in [0.4, 0.5) is 5.69 Å². The van der Waals surface area contributed by atoms with Gasteiger partial charge in [-0.3, -0.25) is 0 Å². The van der Waals surface area contributed by atoms with Crippen LogP contribution >= 0.6 is 11.6 Å². The second-order valence-electron chi connectivity index (χ2n) is 4.45. The van der Waals surface area contributed by atoms with E-state index in [2.05, 4.69) is 10.1 Å². The minimum atomic E-state index is 0.421. The summed E-state index contributed by atoms with van der Waals surface area (Å²) in [5, 5.41) is 4.52. The Labute approximate surface area is 121 Å². The summed E-state index contributed by atoms with van der Waals surface area (Å²) in [6, 6.07) is 15.2. The molecule has 4 nitrogen and oxygen atoms in total. The molecule has 0 fully saturated rings. The standard InChI is InChI=1S/C15H12ClN3O/c16-12-7-11(8-13(17)9-12)15-18-14(19-20-15)6-10-4-2-1-3-5-10/h1-5,7-9H,6,17H2. The van der Waals surface area contributed by atoms with Gasteiger partial charge in [0.05, 0.1) is 0 Å². The Morgan fingerprint density at radius 3 is 2.65 bits per heavy atom. The molecule has 2 aromatic carbocycles.